The predicted octanol–water partition coefficient (Wildman–Crippen LogP) is 3.71. The van der Waals surface area contributed by atoms with Crippen molar-refractivity contribution in [3.05, 3.63) is 35.9 Å². The van der Waals surface area contributed by atoms with E-state index >= 15 is 0 Å². The highest BCUT2D eigenvalue weighted by Gasteiger charge is 3.02. The second-order valence-corrected chi connectivity index (χ2v) is 13.4. The van der Waals surface area contributed by atoms with Crippen LogP contribution in [0, 0.1) is 118 Å². The van der Waals surface area contributed by atoms with Crippen molar-refractivity contribution in [1.29, 1.82) is 0 Å². The lowest BCUT2D eigenvalue weighted by Crippen LogP contribution is -2.43. The van der Waals surface area contributed by atoms with Crippen molar-refractivity contribution in [1.82, 2.24) is 0 Å². The van der Waals surface area contributed by atoms with Crippen LogP contribution in [0.15, 0.2) is 30.3 Å². The van der Waals surface area contributed by atoms with E-state index in [-0.39, 0.29) is 5.41 Å². The second-order valence-electron chi connectivity index (χ2n) is 13.4. The summed E-state index contributed by atoms with van der Waals surface area (Å²) in [6, 6.07) is 10.7. The number of carbonyl (C=O) groups excluding carboxylic acids is 1. The fourth-order valence-corrected chi connectivity index (χ4v) is 16.8. The molecule has 13 rings (SSSR count). The Morgan fingerprint density at radius 1 is 0.500 bits per heavy atom. The van der Waals surface area contributed by atoms with Crippen molar-refractivity contribution in [3.63, 3.8) is 0 Å². The second kappa shape index (κ2) is 3.02. The average molecular weight is 364 g/mol. The molecule has 0 amide bonds. The van der Waals surface area contributed by atoms with Gasteiger partial charge in [-0.1, -0.05) is 30.3 Å². The molecule has 1 nitrogen and oxygen atoms in total. The van der Waals surface area contributed by atoms with Gasteiger partial charge in [0.15, 0.2) is 5.78 Å². The SMILES string of the molecule is O=C(c1ccccc1)C12C3[C@@H]4[C@@H]5C6C7C8[C@@H]5[C@@H]3[C@H]3C1[C@H]1[C@@H](C7[C@@H]5[C@@H]6[C@@H]4C2[C@@H]51)[C@H]83. The van der Waals surface area contributed by atoms with E-state index in [1.807, 2.05) is 0 Å². The summed E-state index contributed by atoms with van der Waals surface area (Å²) in [5, 5.41) is 0. The van der Waals surface area contributed by atoms with Crippen molar-refractivity contribution >= 4 is 5.78 Å². The van der Waals surface area contributed by atoms with Crippen molar-refractivity contribution in [2.75, 3.05) is 0 Å². The first-order chi connectivity index (χ1) is 13.9. The summed E-state index contributed by atoms with van der Waals surface area (Å²) < 4.78 is 0. The minimum absolute atomic E-state index is 0.124. The Bertz CT molecular complexity index is 959. The third-order valence-corrected chi connectivity index (χ3v) is 14.9. The average Bonchev–Trinajstić information content (AvgIpc) is 3.45. The Balaban J connectivity index is 1.26. The summed E-state index contributed by atoms with van der Waals surface area (Å²) in [6.45, 7) is 0. The molecule has 12 aliphatic rings. The number of carbonyl (C=O) groups is 1. The van der Waals surface area contributed by atoms with Crippen molar-refractivity contribution in [3.8, 4) is 0 Å². The van der Waals surface area contributed by atoms with Crippen LogP contribution in [0.4, 0.5) is 0 Å². The molecule has 0 spiro atoms. The molecule has 0 radical (unpaired) electrons. The molecule has 1 aromatic rings. The minimum atomic E-state index is 0.124. The van der Waals surface area contributed by atoms with Crippen LogP contribution in [-0.2, 0) is 0 Å². The molecule has 12 aliphatic carbocycles. The number of hydrogen-bond acceptors (Lipinski definition) is 1. The van der Waals surface area contributed by atoms with Gasteiger partial charge in [-0.2, -0.15) is 0 Å². The van der Waals surface area contributed by atoms with Gasteiger partial charge in [-0.05, 0) is 112 Å². The Kier molecular flexibility index (Phi) is 1.35. The van der Waals surface area contributed by atoms with E-state index < -0.39 is 0 Å². The van der Waals surface area contributed by atoms with Gasteiger partial charge >= 0.3 is 0 Å². The predicted molar refractivity (Wildman–Crippen MR) is 99.5 cm³/mol. The van der Waals surface area contributed by atoms with Crippen molar-refractivity contribution < 1.29 is 4.79 Å². The highest BCUT2D eigenvalue weighted by molar-refractivity contribution is 6.02. The molecule has 0 aromatic heterocycles. The van der Waals surface area contributed by atoms with E-state index in [0.29, 0.717) is 5.78 Å². The molecular formula is C27H24O. The van der Waals surface area contributed by atoms with Gasteiger partial charge in [0.25, 0.3) is 0 Å². The van der Waals surface area contributed by atoms with Crippen LogP contribution in [0.3, 0.4) is 0 Å². The fraction of sp³-hybridized carbons (Fsp3) is 0.741. The summed E-state index contributed by atoms with van der Waals surface area (Å²) in [5.74, 6) is 20.5. The van der Waals surface area contributed by atoms with E-state index in [1.54, 1.807) is 0 Å². The normalized spacial score (nSPS) is 82.9. The van der Waals surface area contributed by atoms with Gasteiger partial charge in [-0.25, -0.2) is 0 Å². The molecule has 0 aliphatic heterocycles. The molecule has 8 unspecified atom stereocenters. The summed E-state index contributed by atoms with van der Waals surface area (Å²) >= 11 is 0. The van der Waals surface area contributed by atoms with Crippen LogP contribution in [0.2, 0.25) is 0 Å². The highest BCUT2D eigenvalue weighted by Crippen LogP contribution is 3.04. The summed E-state index contributed by atoms with van der Waals surface area (Å²) in [4.78, 5) is 14.5. The number of rotatable bonds is 2. The first kappa shape index (κ1) is 12.6. The Hall–Kier alpha value is -1.11. The summed E-state index contributed by atoms with van der Waals surface area (Å²) in [6.07, 6.45) is 0. The summed E-state index contributed by atoms with van der Waals surface area (Å²) in [5.41, 5.74) is 1.21. The van der Waals surface area contributed by atoms with Gasteiger partial charge in [-0.3, -0.25) is 4.79 Å². The Morgan fingerprint density at radius 2 is 0.821 bits per heavy atom. The van der Waals surface area contributed by atoms with Gasteiger partial charge in [0.2, 0.25) is 0 Å². The standard InChI is InChI=1S/C27H24O/c28-26(6-4-2-1-3-5-6)27-23-17-11-8-7-9-13(11)19(23)21-15(9)16-10(7)14-12(8)18(17)24(27)20(14)22(16)25(21)27/h1-5,7-25H/t7?,8?,9?,10?,11-,12-,13-,14+,15+,16+,17-,18+,19-,20+,21-,22-,23?,24?,25?,27?/m0/s1. The van der Waals surface area contributed by atoms with E-state index in [0.717, 1.165) is 112 Å². The van der Waals surface area contributed by atoms with Gasteiger partial charge < -0.3 is 0 Å². The third-order valence-electron chi connectivity index (χ3n) is 14.9. The largest absolute Gasteiger partial charge is 0.294 e. The fourth-order valence-electron chi connectivity index (χ4n) is 16.8. The molecule has 20 atom stereocenters. The molecule has 12 saturated carbocycles. The third kappa shape index (κ3) is 0.696. The highest BCUT2D eigenvalue weighted by atomic mass is 16.1. The molecule has 138 valence electrons. The maximum atomic E-state index is 14.5. The number of benzene rings is 1. The zero-order valence-electron chi connectivity index (χ0n) is 15.8. The van der Waals surface area contributed by atoms with Crippen LogP contribution in [0.25, 0.3) is 0 Å². The van der Waals surface area contributed by atoms with Crippen LogP contribution in [-0.4, -0.2) is 5.78 Å². The van der Waals surface area contributed by atoms with E-state index in [4.69, 9.17) is 0 Å². The zero-order chi connectivity index (χ0) is 17.2. The first-order valence-electron chi connectivity index (χ1n) is 12.5. The Morgan fingerprint density at radius 3 is 1.18 bits per heavy atom. The summed E-state index contributed by atoms with van der Waals surface area (Å²) in [7, 11) is 0. The molecule has 1 heteroatoms. The van der Waals surface area contributed by atoms with Gasteiger partial charge in [-0.15, -0.1) is 0 Å². The molecule has 0 N–H and O–H groups in total. The van der Waals surface area contributed by atoms with Crippen LogP contribution >= 0.6 is 0 Å². The van der Waals surface area contributed by atoms with Crippen LogP contribution in [0.1, 0.15) is 10.4 Å². The lowest BCUT2D eigenvalue weighted by molar-refractivity contribution is 0.0494. The number of Topliss-reactive ketones (excluding diaryl/α,β-unsaturated/α-hetero) is 1. The molecular weight excluding hydrogens is 340 g/mol. The van der Waals surface area contributed by atoms with Crippen molar-refractivity contribution in [2.45, 2.75) is 0 Å². The molecule has 1 aromatic carbocycles. The zero-order valence-corrected chi connectivity index (χ0v) is 15.8. The Labute approximate surface area is 164 Å². The lowest BCUT2D eigenvalue weighted by atomic mass is 9.63. The van der Waals surface area contributed by atoms with Crippen molar-refractivity contribution in [2.24, 2.45) is 118 Å². The lowest BCUT2D eigenvalue weighted by Gasteiger charge is -2.38. The number of ketones is 1. The minimum Gasteiger partial charge on any atom is -0.294 e. The molecule has 0 bridgehead atoms. The van der Waals surface area contributed by atoms with Crippen LogP contribution < -0.4 is 0 Å². The van der Waals surface area contributed by atoms with Gasteiger partial charge in [0, 0.05) is 11.0 Å². The smallest absolute Gasteiger partial charge is 0.169 e. The molecule has 0 heterocycles. The molecule has 28 heavy (non-hydrogen) atoms. The maximum Gasteiger partial charge on any atom is 0.169 e. The van der Waals surface area contributed by atoms with Gasteiger partial charge in [0.05, 0.1) is 0 Å². The molecule has 12 fully saturated rings. The molecule has 0 saturated heterocycles. The van der Waals surface area contributed by atoms with Gasteiger partial charge in [0.1, 0.15) is 0 Å². The quantitative estimate of drug-likeness (QED) is 0.731. The van der Waals surface area contributed by atoms with E-state index in [1.165, 1.54) is 5.92 Å². The topological polar surface area (TPSA) is 17.1 Å². The first-order valence-corrected chi connectivity index (χ1v) is 12.5. The van der Waals surface area contributed by atoms with E-state index in [2.05, 4.69) is 30.3 Å². The monoisotopic (exact) mass is 364 g/mol. The number of hydrogen-bond donors (Lipinski definition) is 0. The maximum absolute atomic E-state index is 14.5. The van der Waals surface area contributed by atoms with Crippen LogP contribution in [0.5, 0.6) is 0 Å². The van der Waals surface area contributed by atoms with E-state index in [9.17, 15) is 4.79 Å².